The largest absolute Gasteiger partial charge is 0.435 e. The summed E-state index contributed by atoms with van der Waals surface area (Å²) in [6.07, 6.45) is 0.0281. The summed E-state index contributed by atoms with van der Waals surface area (Å²) in [7, 11) is 0. The molecule has 0 unspecified atom stereocenters. The fourth-order valence-electron chi connectivity index (χ4n) is 2.02. The summed E-state index contributed by atoms with van der Waals surface area (Å²) in [5.41, 5.74) is 1.14. The molecule has 0 saturated carbocycles. The average Bonchev–Trinajstić information content (AvgIpc) is 2.94. The predicted octanol–water partition coefficient (Wildman–Crippen LogP) is 3.66. The van der Waals surface area contributed by atoms with Crippen LogP contribution < -0.4 is 0 Å². The molecule has 0 spiro atoms. The lowest BCUT2D eigenvalue weighted by Gasteiger charge is -2.07. The Morgan fingerprint density at radius 1 is 1.09 bits per heavy atom. The van der Waals surface area contributed by atoms with Gasteiger partial charge in [-0.3, -0.25) is 9.97 Å². The Bertz CT molecular complexity index is 777. The fourth-order valence-corrected chi connectivity index (χ4v) is 2.02. The van der Waals surface area contributed by atoms with Gasteiger partial charge in [-0.25, -0.2) is 4.68 Å². The topological polar surface area (TPSA) is 43.6 Å². The van der Waals surface area contributed by atoms with Crippen molar-refractivity contribution in [2.24, 2.45) is 0 Å². The zero-order chi connectivity index (χ0) is 15.7. The van der Waals surface area contributed by atoms with Crippen LogP contribution in [0.25, 0.3) is 16.9 Å². The Kier molecular flexibility index (Phi) is 3.40. The molecule has 0 amide bonds. The van der Waals surface area contributed by atoms with Gasteiger partial charge in [-0.1, -0.05) is 0 Å². The zero-order valence-corrected chi connectivity index (χ0v) is 11.5. The second-order valence-corrected chi connectivity index (χ2v) is 4.72. The van der Waals surface area contributed by atoms with Crippen LogP contribution in [0.2, 0.25) is 0 Å². The third kappa shape index (κ3) is 2.69. The maximum absolute atomic E-state index is 13.0. The van der Waals surface area contributed by atoms with Crippen LogP contribution in [-0.2, 0) is 6.18 Å². The quantitative estimate of drug-likeness (QED) is 0.725. The number of aryl methyl sites for hydroxylation is 1. The van der Waals surface area contributed by atoms with E-state index in [0.29, 0.717) is 16.9 Å². The van der Waals surface area contributed by atoms with Crippen LogP contribution >= 0.6 is 0 Å². The summed E-state index contributed by atoms with van der Waals surface area (Å²) >= 11 is 0. The first-order valence-electron chi connectivity index (χ1n) is 6.46. The van der Waals surface area contributed by atoms with Gasteiger partial charge in [0.25, 0.3) is 0 Å². The first kappa shape index (κ1) is 14.2. The van der Waals surface area contributed by atoms with Crippen molar-refractivity contribution in [1.82, 2.24) is 19.7 Å². The Morgan fingerprint density at radius 3 is 2.50 bits per heavy atom. The van der Waals surface area contributed by atoms with E-state index in [1.54, 1.807) is 37.4 Å². The third-order valence-corrected chi connectivity index (χ3v) is 3.10. The van der Waals surface area contributed by atoms with Gasteiger partial charge in [0.15, 0.2) is 5.69 Å². The van der Waals surface area contributed by atoms with Crippen LogP contribution in [0.3, 0.4) is 0 Å². The lowest BCUT2D eigenvalue weighted by Crippen LogP contribution is -2.07. The molecule has 3 heterocycles. The van der Waals surface area contributed by atoms with Gasteiger partial charge in [-0.15, -0.1) is 0 Å². The van der Waals surface area contributed by atoms with E-state index >= 15 is 0 Å². The van der Waals surface area contributed by atoms with Crippen LogP contribution in [0.1, 0.15) is 11.4 Å². The summed E-state index contributed by atoms with van der Waals surface area (Å²) in [4.78, 5) is 8.05. The summed E-state index contributed by atoms with van der Waals surface area (Å²) in [5, 5.41) is 3.68. The summed E-state index contributed by atoms with van der Waals surface area (Å²) < 4.78 is 40.1. The first-order valence-corrected chi connectivity index (χ1v) is 6.46. The monoisotopic (exact) mass is 304 g/mol. The van der Waals surface area contributed by atoms with Crippen molar-refractivity contribution in [3.63, 3.8) is 0 Å². The molecule has 3 aromatic heterocycles. The van der Waals surface area contributed by atoms with Crippen molar-refractivity contribution in [2.75, 3.05) is 0 Å². The van der Waals surface area contributed by atoms with Crippen molar-refractivity contribution >= 4 is 0 Å². The molecular weight excluding hydrogens is 293 g/mol. The number of hydrogen-bond acceptors (Lipinski definition) is 3. The molecule has 0 bridgehead atoms. The van der Waals surface area contributed by atoms with Crippen LogP contribution in [0, 0.1) is 6.92 Å². The van der Waals surface area contributed by atoms with E-state index in [0.717, 1.165) is 11.8 Å². The standard InChI is InChI=1S/C15H11F3N4/c1-10-4-5-12(9-20-10)22-13(11-3-2-6-19-8-11)7-14(21-22)15(16,17)18/h2-9H,1H3. The number of aromatic nitrogens is 4. The third-order valence-electron chi connectivity index (χ3n) is 3.10. The van der Waals surface area contributed by atoms with Gasteiger partial charge in [-0.05, 0) is 37.3 Å². The zero-order valence-electron chi connectivity index (χ0n) is 11.5. The lowest BCUT2D eigenvalue weighted by atomic mass is 10.2. The number of nitrogens with zero attached hydrogens (tertiary/aromatic N) is 4. The lowest BCUT2D eigenvalue weighted by molar-refractivity contribution is -0.141. The maximum atomic E-state index is 13.0. The van der Waals surface area contributed by atoms with Crippen molar-refractivity contribution in [3.8, 4) is 16.9 Å². The normalized spacial score (nSPS) is 11.6. The molecule has 0 aromatic carbocycles. The van der Waals surface area contributed by atoms with Gasteiger partial charge in [0, 0.05) is 23.7 Å². The average molecular weight is 304 g/mol. The minimum Gasteiger partial charge on any atom is -0.264 e. The number of hydrogen-bond donors (Lipinski definition) is 0. The Labute approximate surface area is 124 Å². The van der Waals surface area contributed by atoms with Crippen LogP contribution in [-0.4, -0.2) is 19.7 Å². The highest BCUT2D eigenvalue weighted by Gasteiger charge is 2.35. The molecule has 0 saturated heterocycles. The second-order valence-electron chi connectivity index (χ2n) is 4.72. The Hall–Kier alpha value is -2.70. The predicted molar refractivity (Wildman–Crippen MR) is 74.3 cm³/mol. The van der Waals surface area contributed by atoms with Gasteiger partial charge in [0.1, 0.15) is 0 Å². The maximum Gasteiger partial charge on any atom is 0.435 e. The SMILES string of the molecule is Cc1ccc(-n2nc(C(F)(F)F)cc2-c2cccnc2)cn1. The molecule has 112 valence electrons. The first-order chi connectivity index (χ1) is 10.4. The van der Waals surface area contributed by atoms with Gasteiger partial charge in [-0.2, -0.15) is 18.3 Å². The Balaban J connectivity index is 2.19. The molecule has 0 aliphatic rings. The summed E-state index contributed by atoms with van der Waals surface area (Å²) in [6, 6.07) is 7.75. The highest BCUT2D eigenvalue weighted by molar-refractivity contribution is 5.61. The highest BCUT2D eigenvalue weighted by Crippen LogP contribution is 2.32. The van der Waals surface area contributed by atoms with Crippen molar-refractivity contribution in [2.45, 2.75) is 13.1 Å². The summed E-state index contributed by atoms with van der Waals surface area (Å²) in [5.74, 6) is 0. The van der Waals surface area contributed by atoms with E-state index in [-0.39, 0.29) is 0 Å². The molecule has 0 fully saturated rings. The molecule has 0 atom stereocenters. The number of alkyl halides is 3. The molecule has 4 nitrogen and oxygen atoms in total. The number of halogens is 3. The molecular formula is C15H11F3N4. The van der Waals surface area contributed by atoms with Crippen molar-refractivity contribution in [1.29, 1.82) is 0 Å². The smallest absolute Gasteiger partial charge is 0.264 e. The molecule has 22 heavy (non-hydrogen) atoms. The van der Waals surface area contributed by atoms with Crippen molar-refractivity contribution in [3.05, 3.63) is 60.3 Å². The van der Waals surface area contributed by atoms with E-state index in [4.69, 9.17) is 0 Å². The van der Waals surface area contributed by atoms with Gasteiger partial charge in [0.05, 0.1) is 17.6 Å². The van der Waals surface area contributed by atoms with E-state index < -0.39 is 11.9 Å². The molecule has 7 heteroatoms. The molecule has 0 N–H and O–H groups in total. The van der Waals surface area contributed by atoms with Crippen LogP contribution in [0.15, 0.2) is 48.9 Å². The van der Waals surface area contributed by atoms with Crippen molar-refractivity contribution < 1.29 is 13.2 Å². The van der Waals surface area contributed by atoms with Crippen LogP contribution in [0.5, 0.6) is 0 Å². The molecule has 0 aliphatic heterocycles. The van der Waals surface area contributed by atoms with E-state index in [9.17, 15) is 13.2 Å². The van der Waals surface area contributed by atoms with E-state index in [1.807, 2.05) is 0 Å². The minimum atomic E-state index is -4.51. The molecule has 3 aromatic rings. The highest BCUT2D eigenvalue weighted by atomic mass is 19.4. The minimum absolute atomic E-state index is 0.311. The van der Waals surface area contributed by atoms with Gasteiger partial charge < -0.3 is 0 Å². The molecule has 0 radical (unpaired) electrons. The van der Waals surface area contributed by atoms with E-state index in [1.165, 1.54) is 17.1 Å². The number of rotatable bonds is 2. The molecule has 0 aliphatic carbocycles. The molecule has 3 rings (SSSR count). The van der Waals surface area contributed by atoms with E-state index in [2.05, 4.69) is 15.1 Å². The fraction of sp³-hybridized carbons (Fsp3) is 0.133. The van der Waals surface area contributed by atoms with Crippen LogP contribution in [0.4, 0.5) is 13.2 Å². The van der Waals surface area contributed by atoms with Gasteiger partial charge >= 0.3 is 6.18 Å². The van der Waals surface area contributed by atoms with Gasteiger partial charge in [0.2, 0.25) is 0 Å². The number of pyridine rings is 2. The Morgan fingerprint density at radius 2 is 1.91 bits per heavy atom. The summed E-state index contributed by atoms with van der Waals surface area (Å²) in [6.45, 7) is 1.80. The second kappa shape index (κ2) is 5.25.